The van der Waals surface area contributed by atoms with Gasteiger partial charge in [-0.3, -0.25) is 0 Å². The Bertz CT molecular complexity index is 443. The molecule has 0 aliphatic heterocycles. The molecule has 0 heterocycles. The van der Waals surface area contributed by atoms with E-state index in [1.807, 2.05) is 24.3 Å². The van der Waals surface area contributed by atoms with Gasteiger partial charge in [0.05, 0.1) is 5.75 Å². The maximum Gasteiger partial charge on any atom is 0.211 e. The Hall–Kier alpha value is -0.950. The lowest BCUT2D eigenvalue weighted by atomic mass is 10.1. The van der Waals surface area contributed by atoms with Gasteiger partial charge in [-0.2, -0.15) is 0 Å². The SMILES string of the molecule is COCCCS(=O)(=O)NCc1ccc(CN)cc1. The molecule has 0 unspecified atom stereocenters. The molecule has 0 amide bonds. The van der Waals surface area contributed by atoms with Crippen LogP contribution >= 0.6 is 0 Å². The number of benzene rings is 1. The lowest BCUT2D eigenvalue weighted by Gasteiger charge is -2.07. The van der Waals surface area contributed by atoms with Crippen molar-refractivity contribution >= 4 is 10.0 Å². The zero-order valence-corrected chi connectivity index (χ0v) is 11.4. The maximum atomic E-state index is 11.6. The Balaban J connectivity index is 2.43. The highest BCUT2D eigenvalue weighted by Gasteiger charge is 2.09. The minimum atomic E-state index is -3.22. The molecule has 6 heteroatoms. The van der Waals surface area contributed by atoms with Gasteiger partial charge in [0.15, 0.2) is 0 Å². The molecule has 0 saturated carbocycles. The standard InChI is InChI=1S/C12H20N2O3S/c1-17-7-2-8-18(15,16)14-10-12-5-3-11(9-13)4-6-12/h3-6,14H,2,7-10,13H2,1H3. The fraction of sp³-hybridized carbons (Fsp3) is 0.500. The summed E-state index contributed by atoms with van der Waals surface area (Å²) in [5, 5.41) is 0. The lowest BCUT2D eigenvalue weighted by molar-refractivity contribution is 0.199. The number of hydrogen-bond donors (Lipinski definition) is 2. The van der Waals surface area contributed by atoms with Gasteiger partial charge in [0, 0.05) is 26.8 Å². The van der Waals surface area contributed by atoms with E-state index < -0.39 is 10.0 Å². The van der Waals surface area contributed by atoms with Crippen LogP contribution in [0.3, 0.4) is 0 Å². The number of nitrogens with two attached hydrogens (primary N) is 1. The van der Waals surface area contributed by atoms with Gasteiger partial charge >= 0.3 is 0 Å². The fourth-order valence-electron chi connectivity index (χ4n) is 1.45. The summed E-state index contributed by atoms with van der Waals surface area (Å²) in [6.45, 7) is 1.25. The molecule has 5 nitrogen and oxygen atoms in total. The Labute approximate surface area is 108 Å². The zero-order chi connectivity index (χ0) is 13.4. The van der Waals surface area contributed by atoms with E-state index >= 15 is 0 Å². The maximum absolute atomic E-state index is 11.6. The first-order valence-corrected chi connectivity index (χ1v) is 7.47. The van der Waals surface area contributed by atoms with Crippen molar-refractivity contribution in [3.05, 3.63) is 35.4 Å². The first kappa shape index (κ1) is 15.1. The Kier molecular flexibility index (Phi) is 6.28. The minimum absolute atomic E-state index is 0.0850. The smallest absolute Gasteiger partial charge is 0.211 e. The summed E-state index contributed by atoms with van der Waals surface area (Å²) in [6, 6.07) is 7.54. The van der Waals surface area contributed by atoms with Gasteiger partial charge in [-0.05, 0) is 17.5 Å². The van der Waals surface area contributed by atoms with Crippen LogP contribution in [0.1, 0.15) is 17.5 Å². The van der Waals surface area contributed by atoms with Crippen molar-refractivity contribution in [1.29, 1.82) is 0 Å². The highest BCUT2D eigenvalue weighted by Crippen LogP contribution is 2.04. The van der Waals surface area contributed by atoms with Crippen LogP contribution in [-0.4, -0.2) is 27.9 Å². The molecule has 0 aliphatic carbocycles. The minimum Gasteiger partial charge on any atom is -0.385 e. The average molecular weight is 272 g/mol. The Morgan fingerprint density at radius 3 is 2.39 bits per heavy atom. The molecule has 0 atom stereocenters. The lowest BCUT2D eigenvalue weighted by Crippen LogP contribution is -2.26. The summed E-state index contributed by atoms with van der Waals surface area (Å²) in [5.41, 5.74) is 7.44. The highest BCUT2D eigenvalue weighted by atomic mass is 32.2. The summed E-state index contributed by atoms with van der Waals surface area (Å²) in [7, 11) is -1.67. The summed E-state index contributed by atoms with van der Waals surface area (Å²) in [6.07, 6.45) is 0.498. The van der Waals surface area contributed by atoms with E-state index in [1.165, 1.54) is 0 Å². The molecule has 0 spiro atoms. The van der Waals surface area contributed by atoms with Gasteiger partial charge < -0.3 is 10.5 Å². The number of hydrogen-bond acceptors (Lipinski definition) is 4. The van der Waals surface area contributed by atoms with Gasteiger partial charge in [-0.1, -0.05) is 24.3 Å². The number of sulfonamides is 1. The van der Waals surface area contributed by atoms with E-state index in [4.69, 9.17) is 10.5 Å². The van der Waals surface area contributed by atoms with Crippen molar-refractivity contribution in [3.63, 3.8) is 0 Å². The third-order valence-corrected chi connectivity index (χ3v) is 3.93. The van der Waals surface area contributed by atoms with Gasteiger partial charge in [0.1, 0.15) is 0 Å². The van der Waals surface area contributed by atoms with E-state index in [0.29, 0.717) is 26.1 Å². The first-order valence-electron chi connectivity index (χ1n) is 5.81. The van der Waals surface area contributed by atoms with Crippen LogP contribution in [0.25, 0.3) is 0 Å². The predicted molar refractivity (Wildman–Crippen MR) is 71.5 cm³/mol. The van der Waals surface area contributed by atoms with Crippen LogP contribution in [-0.2, 0) is 27.8 Å². The van der Waals surface area contributed by atoms with E-state index in [1.54, 1.807) is 7.11 Å². The molecule has 0 aromatic heterocycles. The molecule has 0 bridgehead atoms. The summed E-state index contributed by atoms with van der Waals surface area (Å²) in [4.78, 5) is 0. The molecule has 3 N–H and O–H groups in total. The molecule has 0 radical (unpaired) electrons. The van der Waals surface area contributed by atoms with Crippen LogP contribution in [0.4, 0.5) is 0 Å². The topological polar surface area (TPSA) is 81.4 Å². The van der Waals surface area contributed by atoms with Gasteiger partial charge in [0.25, 0.3) is 0 Å². The molecule has 1 rings (SSSR count). The molecular weight excluding hydrogens is 252 g/mol. The van der Waals surface area contributed by atoms with Crippen LogP contribution in [0.5, 0.6) is 0 Å². The molecule has 0 aliphatic rings. The number of nitrogens with one attached hydrogen (secondary N) is 1. The molecule has 0 saturated heterocycles. The van der Waals surface area contributed by atoms with E-state index in [-0.39, 0.29) is 5.75 Å². The summed E-state index contributed by atoms with van der Waals surface area (Å²) < 4.78 is 30.6. The van der Waals surface area contributed by atoms with Crippen molar-refractivity contribution in [2.75, 3.05) is 19.5 Å². The monoisotopic (exact) mass is 272 g/mol. The molecule has 1 aromatic rings. The van der Waals surface area contributed by atoms with E-state index in [2.05, 4.69) is 4.72 Å². The summed E-state index contributed by atoms with van der Waals surface area (Å²) >= 11 is 0. The van der Waals surface area contributed by atoms with Crippen molar-refractivity contribution in [2.24, 2.45) is 5.73 Å². The van der Waals surface area contributed by atoms with Crippen molar-refractivity contribution in [2.45, 2.75) is 19.5 Å². The number of methoxy groups -OCH3 is 1. The van der Waals surface area contributed by atoms with Crippen LogP contribution in [0.15, 0.2) is 24.3 Å². The van der Waals surface area contributed by atoms with Crippen molar-refractivity contribution in [1.82, 2.24) is 4.72 Å². The largest absolute Gasteiger partial charge is 0.385 e. The molecule has 102 valence electrons. The van der Waals surface area contributed by atoms with Crippen LogP contribution < -0.4 is 10.5 Å². The van der Waals surface area contributed by atoms with E-state index in [9.17, 15) is 8.42 Å². The molecule has 1 aromatic carbocycles. The van der Waals surface area contributed by atoms with Gasteiger partial charge in [-0.25, -0.2) is 13.1 Å². The Morgan fingerprint density at radius 1 is 1.22 bits per heavy atom. The average Bonchev–Trinajstić information content (AvgIpc) is 2.37. The summed E-state index contributed by atoms with van der Waals surface area (Å²) in [5.74, 6) is 0.0850. The van der Waals surface area contributed by atoms with Crippen molar-refractivity contribution < 1.29 is 13.2 Å². The number of rotatable bonds is 8. The normalized spacial score (nSPS) is 11.7. The predicted octanol–water partition coefficient (Wildman–Crippen LogP) is 0.601. The molecule has 0 fully saturated rings. The van der Waals surface area contributed by atoms with Crippen LogP contribution in [0, 0.1) is 0 Å². The second-order valence-corrected chi connectivity index (χ2v) is 5.93. The van der Waals surface area contributed by atoms with Crippen LogP contribution in [0.2, 0.25) is 0 Å². The fourth-order valence-corrected chi connectivity index (χ4v) is 2.48. The zero-order valence-electron chi connectivity index (χ0n) is 10.6. The second-order valence-electron chi connectivity index (χ2n) is 4.01. The Morgan fingerprint density at radius 2 is 1.83 bits per heavy atom. The van der Waals surface area contributed by atoms with E-state index in [0.717, 1.165) is 11.1 Å². The molecule has 18 heavy (non-hydrogen) atoms. The number of ether oxygens (including phenoxy) is 1. The molecular formula is C12H20N2O3S. The highest BCUT2D eigenvalue weighted by molar-refractivity contribution is 7.89. The first-order chi connectivity index (χ1) is 8.57. The third kappa shape index (κ3) is 5.59. The quantitative estimate of drug-likeness (QED) is 0.679. The third-order valence-electron chi connectivity index (χ3n) is 2.52. The van der Waals surface area contributed by atoms with Gasteiger partial charge in [0.2, 0.25) is 10.0 Å². The van der Waals surface area contributed by atoms with Gasteiger partial charge in [-0.15, -0.1) is 0 Å². The van der Waals surface area contributed by atoms with Crippen molar-refractivity contribution in [3.8, 4) is 0 Å². The second kappa shape index (κ2) is 7.48.